The molecule has 4 nitrogen and oxygen atoms in total. The van der Waals surface area contributed by atoms with E-state index in [0.717, 1.165) is 51.4 Å². The number of esters is 1. The average molecular weight is 563 g/mol. The van der Waals surface area contributed by atoms with Gasteiger partial charge in [-0.25, -0.2) is 0 Å². The fourth-order valence-corrected chi connectivity index (χ4v) is 5.03. The summed E-state index contributed by atoms with van der Waals surface area (Å²) < 4.78 is 5.85. The lowest BCUT2D eigenvalue weighted by Gasteiger charge is -2.15. The van der Waals surface area contributed by atoms with Crippen LogP contribution in [0.5, 0.6) is 0 Å². The van der Waals surface area contributed by atoms with Gasteiger partial charge >= 0.3 is 11.9 Å². The highest BCUT2D eigenvalue weighted by atomic mass is 16.5. The zero-order chi connectivity index (χ0) is 29.4. The van der Waals surface area contributed by atoms with Crippen LogP contribution in [0.3, 0.4) is 0 Å². The number of ether oxygens (including phenoxy) is 1. The molecular weight excluding hydrogens is 496 g/mol. The second-order valence-corrected chi connectivity index (χ2v) is 11.7. The predicted octanol–water partition coefficient (Wildman–Crippen LogP) is 11.7. The van der Waals surface area contributed by atoms with Gasteiger partial charge in [0.05, 0.1) is 0 Å². The first-order valence-corrected chi connectivity index (χ1v) is 17.3. The first-order chi connectivity index (χ1) is 19.6. The average Bonchev–Trinajstić information content (AvgIpc) is 2.93. The van der Waals surface area contributed by atoms with Crippen LogP contribution in [0.1, 0.15) is 187 Å². The normalized spacial score (nSPS) is 12.4. The summed E-state index contributed by atoms with van der Waals surface area (Å²) in [5, 5.41) is 8.79. The summed E-state index contributed by atoms with van der Waals surface area (Å²) in [7, 11) is 0. The van der Waals surface area contributed by atoms with Crippen molar-refractivity contribution in [1.29, 1.82) is 0 Å². The minimum absolute atomic E-state index is 0.0716. The number of unbranched alkanes of at least 4 members (excludes halogenated alkanes) is 20. The number of hydrogen-bond acceptors (Lipinski definition) is 3. The van der Waals surface area contributed by atoms with Crippen molar-refractivity contribution in [3.8, 4) is 0 Å². The summed E-state index contributed by atoms with van der Waals surface area (Å²) in [6.07, 6.45) is 39.1. The van der Waals surface area contributed by atoms with E-state index in [1.165, 1.54) is 109 Å². The van der Waals surface area contributed by atoms with Crippen LogP contribution in [0.2, 0.25) is 0 Å². The van der Waals surface area contributed by atoms with Crippen LogP contribution in [0.4, 0.5) is 0 Å². The molecule has 0 aromatic carbocycles. The Morgan fingerprint density at radius 3 is 1.50 bits per heavy atom. The molecule has 0 aliphatic rings. The molecule has 0 saturated carbocycles. The van der Waals surface area contributed by atoms with Crippen molar-refractivity contribution in [1.82, 2.24) is 0 Å². The number of aliphatic carboxylic acids is 1. The van der Waals surface area contributed by atoms with Gasteiger partial charge in [-0.3, -0.25) is 9.59 Å². The van der Waals surface area contributed by atoms with E-state index < -0.39 is 5.97 Å². The van der Waals surface area contributed by atoms with Gasteiger partial charge in [-0.15, -0.1) is 0 Å². The van der Waals surface area contributed by atoms with Gasteiger partial charge in [-0.1, -0.05) is 128 Å². The molecule has 40 heavy (non-hydrogen) atoms. The second kappa shape index (κ2) is 31.9. The summed E-state index contributed by atoms with van der Waals surface area (Å²) in [5.41, 5.74) is 0. The maximum Gasteiger partial charge on any atom is 0.306 e. The summed E-state index contributed by atoms with van der Waals surface area (Å²) in [6, 6.07) is 0. The lowest BCUT2D eigenvalue weighted by Crippen LogP contribution is -2.16. The van der Waals surface area contributed by atoms with E-state index in [2.05, 4.69) is 38.2 Å². The van der Waals surface area contributed by atoms with E-state index in [0.29, 0.717) is 6.42 Å². The fourth-order valence-electron chi connectivity index (χ4n) is 5.03. The molecule has 1 atom stereocenters. The lowest BCUT2D eigenvalue weighted by atomic mass is 10.1. The van der Waals surface area contributed by atoms with E-state index in [9.17, 15) is 9.59 Å². The third-order valence-corrected chi connectivity index (χ3v) is 7.63. The topological polar surface area (TPSA) is 63.6 Å². The molecule has 0 amide bonds. The molecule has 1 unspecified atom stereocenters. The number of rotatable bonds is 31. The number of carboxylic acids is 1. The predicted molar refractivity (Wildman–Crippen MR) is 172 cm³/mol. The summed E-state index contributed by atoms with van der Waals surface area (Å²) >= 11 is 0. The van der Waals surface area contributed by atoms with E-state index >= 15 is 0 Å². The Hall–Kier alpha value is -1.58. The maximum atomic E-state index is 12.5. The minimum atomic E-state index is -0.722. The minimum Gasteiger partial charge on any atom is -0.481 e. The Morgan fingerprint density at radius 2 is 0.975 bits per heavy atom. The SMILES string of the molecule is CCCCCCCC/C=C\CCCCCCCC(=O)OC(/C=C\CCCCCCCC)CCCCCCC(=O)O. The number of allylic oxidation sites excluding steroid dienone is 3. The summed E-state index contributed by atoms with van der Waals surface area (Å²) in [5.74, 6) is -0.794. The third kappa shape index (κ3) is 31.0. The smallest absolute Gasteiger partial charge is 0.306 e. The van der Waals surface area contributed by atoms with E-state index in [-0.39, 0.29) is 18.5 Å². The number of hydrogen-bond donors (Lipinski definition) is 1. The molecule has 0 spiro atoms. The van der Waals surface area contributed by atoms with Crippen molar-refractivity contribution in [3.05, 3.63) is 24.3 Å². The number of carbonyl (C=O) groups is 2. The molecule has 0 bridgehead atoms. The highest BCUT2D eigenvalue weighted by Crippen LogP contribution is 2.15. The van der Waals surface area contributed by atoms with E-state index in [4.69, 9.17) is 9.84 Å². The van der Waals surface area contributed by atoms with Crippen LogP contribution in [-0.4, -0.2) is 23.1 Å². The molecule has 234 valence electrons. The molecule has 0 aliphatic carbocycles. The Balaban J connectivity index is 4.02. The van der Waals surface area contributed by atoms with Gasteiger partial charge in [0.1, 0.15) is 6.10 Å². The largest absolute Gasteiger partial charge is 0.481 e. The van der Waals surface area contributed by atoms with E-state index in [1.807, 2.05) is 0 Å². The molecule has 1 N–H and O–H groups in total. The molecule has 0 aromatic rings. The summed E-state index contributed by atoms with van der Waals surface area (Å²) in [6.45, 7) is 4.51. The third-order valence-electron chi connectivity index (χ3n) is 7.63. The van der Waals surface area contributed by atoms with Crippen molar-refractivity contribution in [2.24, 2.45) is 0 Å². The van der Waals surface area contributed by atoms with Crippen molar-refractivity contribution in [2.75, 3.05) is 0 Å². The molecule has 4 heteroatoms. The molecule has 0 rings (SSSR count). The van der Waals surface area contributed by atoms with Crippen molar-refractivity contribution < 1.29 is 19.4 Å². The maximum absolute atomic E-state index is 12.5. The zero-order valence-electron chi connectivity index (χ0n) is 26.7. The first-order valence-electron chi connectivity index (χ1n) is 17.3. The Bertz CT molecular complexity index is 610. The van der Waals surface area contributed by atoms with Crippen LogP contribution in [-0.2, 0) is 14.3 Å². The quantitative estimate of drug-likeness (QED) is 0.0518. The van der Waals surface area contributed by atoms with Crippen LogP contribution in [0.15, 0.2) is 24.3 Å². The summed E-state index contributed by atoms with van der Waals surface area (Å²) in [4.78, 5) is 23.2. The molecule has 0 aromatic heterocycles. The molecule has 0 aliphatic heterocycles. The van der Waals surface area contributed by atoms with Crippen molar-refractivity contribution in [2.45, 2.75) is 193 Å². The van der Waals surface area contributed by atoms with Crippen LogP contribution in [0.25, 0.3) is 0 Å². The Kier molecular flexibility index (Phi) is 30.7. The highest BCUT2D eigenvalue weighted by molar-refractivity contribution is 5.69. The Morgan fingerprint density at radius 1 is 0.550 bits per heavy atom. The monoisotopic (exact) mass is 562 g/mol. The van der Waals surface area contributed by atoms with Gasteiger partial charge in [0.15, 0.2) is 0 Å². The van der Waals surface area contributed by atoms with E-state index in [1.54, 1.807) is 0 Å². The highest BCUT2D eigenvalue weighted by Gasteiger charge is 2.11. The standard InChI is InChI=1S/C36H66O4/c1-3-5-7-9-11-13-14-15-16-17-18-19-21-23-29-33-36(39)40-34(31-27-24-25-28-32-35(37)38)30-26-22-20-12-10-8-6-4-2/h15-16,26,30,34H,3-14,17-25,27-29,31-33H2,1-2H3,(H,37,38)/b16-15-,30-26-. The second-order valence-electron chi connectivity index (χ2n) is 11.7. The van der Waals surface area contributed by atoms with Gasteiger partial charge < -0.3 is 9.84 Å². The van der Waals surface area contributed by atoms with Gasteiger partial charge in [0, 0.05) is 12.8 Å². The number of carboxylic acid groups (broad SMARTS) is 1. The Labute approximate surface area is 248 Å². The van der Waals surface area contributed by atoms with Crippen LogP contribution < -0.4 is 0 Å². The van der Waals surface area contributed by atoms with Gasteiger partial charge in [-0.2, -0.15) is 0 Å². The lowest BCUT2D eigenvalue weighted by molar-refractivity contribution is -0.147. The molecule has 0 saturated heterocycles. The number of carbonyl (C=O) groups excluding carboxylic acids is 1. The first kappa shape index (κ1) is 38.4. The molecule has 0 radical (unpaired) electrons. The van der Waals surface area contributed by atoms with Crippen molar-refractivity contribution >= 4 is 11.9 Å². The molecule has 0 heterocycles. The fraction of sp³-hybridized carbons (Fsp3) is 0.833. The van der Waals surface area contributed by atoms with Crippen LogP contribution >= 0.6 is 0 Å². The van der Waals surface area contributed by atoms with Gasteiger partial charge in [-0.05, 0) is 70.3 Å². The van der Waals surface area contributed by atoms with Gasteiger partial charge in [0.2, 0.25) is 0 Å². The molecule has 0 fully saturated rings. The van der Waals surface area contributed by atoms with Crippen molar-refractivity contribution in [3.63, 3.8) is 0 Å². The molecular formula is C36H66O4. The zero-order valence-corrected chi connectivity index (χ0v) is 26.7. The van der Waals surface area contributed by atoms with Gasteiger partial charge in [0.25, 0.3) is 0 Å². The van der Waals surface area contributed by atoms with Crippen LogP contribution in [0, 0.1) is 0 Å².